The summed E-state index contributed by atoms with van der Waals surface area (Å²) in [6.45, 7) is 15.9. The predicted octanol–water partition coefficient (Wildman–Crippen LogP) is 6.57. The van der Waals surface area contributed by atoms with Gasteiger partial charge in [0, 0.05) is 90.9 Å². The van der Waals surface area contributed by atoms with Crippen molar-refractivity contribution >= 4 is 121 Å². The summed E-state index contributed by atoms with van der Waals surface area (Å²) in [4.78, 5) is 59.4. The van der Waals surface area contributed by atoms with Crippen molar-refractivity contribution < 1.29 is 28.6 Å². The lowest BCUT2D eigenvalue weighted by Gasteiger charge is -2.44. The fourth-order valence-corrected chi connectivity index (χ4v) is 10.2. The van der Waals surface area contributed by atoms with Gasteiger partial charge in [-0.15, -0.1) is 11.3 Å². The van der Waals surface area contributed by atoms with Gasteiger partial charge in [-0.1, -0.05) is 19.9 Å². The maximum absolute atomic E-state index is 15.0. The predicted molar refractivity (Wildman–Crippen MR) is 304 cm³/mol. The van der Waals surface area contributed by atoms with Gasteiger partial charge in [-0.2, -0.15) is 81.0 Å². The van der Waals surface area contributed by atoms with E-state index in [1.807, 2.05) is 63.2 Å². The van der Waals surface area contributed by atoms with Crippen molar-refractivity contribution in [1.82, 2.24) is 45.0 Å². The number of ether oxygens (including phenoxy) is 3. The smallest absolute Gasteiger partial charge is 0.324 e. The van der Waals surface area contributed by atoms with Crippen LogP contribution in [-0.4, -0.2) is 144 Å². The number of aromatic nitrogens is 3. The summed E-state index contributed by atoms with van der Waals surface area (Å²) in [6.07, 6.45) is 2.28. The summed E-state index contributed by atoms with van der Waals surface area (Å²) in [7, 11) is 7.67. The van der Waals surface area contributed by atoms with Crippen molar-refractivity contribution in [3.05, 3.63) is 58.2 Å². The zero-order valence-corrected chi connectivity index (χ0v) is 47.9. The lowest BCUT2D eigenvalue weighted by atomic mass is 9.84. The molecule has 7 rings (SSSR count). The van der Waals surface area contributed by atoms with Crippen LogP contribution in [0.25, 0.3) is 33.4 Å². The molecule has 0 spiro atoms. The average Bonchev–Trinajstić information content (AvgIpc) is 3.85. The lowest BCUT2D eigenvalue weighted by molar-refractivity contribution is -0.156. The number of amides is 3. The molecule has 4 aromatic rings. The van der Waals surface area contributed by atoms with Crippen LogP contribution >= 0.6 is 92.3 Å². The summed E-state index contributed by atoms with van der Waals surface area (Å²) in [5.74, 6) is -0.835. The number of hydrogen-bond donors (Lipinski definition) is 2. The molecule has 1 aromatic carbocycles. The SMILES string of the molecule is CCn1c(-c2cccnc2[C@H](C)OC)c2c3cc(ccc31)-c1csc(n1)[C@@H](OCCN(C)C)[C@H](NC(=O)N1[C@@H](C)CN(C)C[C@@H]1C)C(=O)N1CCC[C@H](N1)C(=O)OCC(C)(C)C2.S.S.S.S.S.S. The molecule has 3 aromatic heterocycles. The van der Waals surface area contributed by atoms with Crippen molar-refractivity contribution in [3.63, 3.8) is 0 Å². The molecule has 0 radical (unpaired) electrons. The highest BCUT2D eigenvalue weighted by Gasteiger charge is 2.42. The van der Waals surface area contributed by atoms with Gasteiger partial charge in [0.2, 0.25) is 0 Å². The van der Waals surface area contributed by atoms with Gasteiger partial charge in [-0.3, -0.25) is 19.6 Å². The third kappa shape index (κ3) is 14.0. The molecule has 3 aliphatic heterocycles. The number of piperazine rings is 1. The van der Waals surface area contributed by atoms with Gasteiger partial charge in [-0.05, 0) is 97.9 Å². The summed E-state index contributed by atoms with van der Waals surface area (Å²) < 4.78 is 21.0. The Morgan fingerprint density at radius 1 is 1.07 bits per heavy atom. The molecule has 3 amide bonds. The molecule has 2 fully saturated rings. The molecule has 3 aliphatic rings. The van der Waals surface area contributed by atoms with Crippen LogP contribution in [0.15, 0.2) is 41.9 Å². The molecule has 384 valence electrons. The van der Waals surface area contributed by atoms with Crippen LogP contribution in [-0.2, 0) is 36.8 Å². The highest BCUT2D eigenvalue weighted by molar-refractivity contribution is 7.60. The Hall–Kier alpha value is -2.35. The van der Waals surface area contributed by atoms with Gasteiger partial charge in [0.15, 0.2) is 0 Å². The van der Waals surface area contributed by atoms with E-state index in [-0.39, 0.29) is 118 Å². The number of likely N-dealkylation sites (N-methyl/N-ethyl adjacent to an activating group) is 2. The Morgan fingerprint density at radius 2 is 1.76 bits per heavy atom. The first-order valence-electron chi connectivity index (χ1n) is 22.0. The Labute approximate surface area is 449 Å². The molecule has 2 N–H and O–H groups in total. The monoisotopic (exact) mass is 1080 g/mol. The highest BCUT2D eigenvalue weighted by Crippen LogP contribution is 2.42. The molecule has 22 heteroatoms. The van der Waals surface area contributed by atoms with Crippen LogP contribution in [0.4, 0.5) is 4.79 Å². The normalized spacial score (nSPS) is 22.1. The third-order valence-electron chi connectivity index (χ3n) is 12.4. The fourth-order valence-electron chi connectivity index (χ4n) is 9.32. The number of esters is 1. The van der Waals surface area contributed by atoms with Crippen LogP contribution in [0.1, 0.15) is 82.9 Å². The molecule has 6 atom stereocenters. The third-order valence-corrected chi connectivity index (χ3v) is 13.3. The molecule has 6 bridgehead atoms. The minimum atomic E-state index is -1.17. The summed E-state index contributed by atoms with van der Waals surface area (Å²) in [5.41, 5.74) is 9.43. The molecular formula is C46H77N9O6S7. The number of rotatable bonds is 9. The number of nitrogens with one attached hydrogen (secondary N) is 2. The Balaban J connectivity index is 0.00000385. The number of carbonyl (C=O) groups excluding carboxylic acids is 3. The van der Waals surface area contributed by atoms with Gasteiger partial charge in [0.05, 0.1) is 36.4 Å². The first-order chi connectivity index (χ1) is 29.6. The maximum atomic E-state index is 15.0. The number of thiazole rings is 1. The topological polar surface area (TPSA) is 147 Å². The van der Waals surface area contributed by atoms with Crippen LogP contribution in [0.5, 0.6) is 0 Å². The van der Waals surface area contributed by atoms with Gasteiger partial charge in [0.1, 0.15) is 23.2 Å². The van der Waals surface area contributed by atoms with E-state index in [0.29, 0.717) is 57.0 Å². The second kappa shape index (κ2) is 27.5. The molecule has 15 nitrogen and oxygen atoms in total. The Bertz CT molecular complexity index is 2250. The van der Waals surface area contributed by atoms with Gasteiger partial charge >= 0.3 is 12.0 Å². The van der Waals surface area contributed by atoms with E-state index < -0.39 is 35.5 Å². The summed E-state index contributed by atoms with van der Waals surface area (Å²) in [5, 5.41) is 8.24. The largest absolute Gasteiger partial charge is 0.464 e. The lowest BCUT2D eigenvalue weighted by Crippen LogP contribution is -2.65. The number of cyclic esters (lactones) is 1. The standard InChI is InChI=1S/C46H65N9O6S.6H2S/c1-11-53-37-17-16-31-22-33(37)34(40(53)32-14-12-18-47-38(32)30(4)59-10)23-46(5,6)27-61-44(57)35-15-13-19-54(50-35)43(56)39(49-45(58)55-28(2)24-52(9)25-29(55)3)41(60-21-20-51(7)8)42-48-36(31)26-62-42;;;;;;/h12,14,16-18,22,26,28-30,35,39,41,50H,11,13,15,19-21,23-25,27H2,1-10H3,(H,49,58);6*1H2/t28-,29-,30-,35-,39-,41-;;;;;;/m0....../s1. The molecule has 0 unspecified atom stereocenters. The number of urea groups is 1. The Kier molecular flexibility index (Phi) is 25.7. The summed E-state index contributed by atoms with van der Waals surface area (Å²) >= 11 is 1.41. The number of carbonyl (C=O) groups is 3. The first kappa shape index (κ1) is 63.7. The van der Waals surface area contributed by atoms with Crippen molar-refractivity contribution in [2.24, 2.45) is 5.41 Å². The van der Waals surface area contributed by atoms with Crippen molar-refractivity contribution in [2.75, 3.05) is 67.6 Å². The molecule has 2 saturated heterocycles. The molecule has 0 saturated carbocycles. The number of fused-ring (bicyclic) bond motifs is 6. The molecule has 6 heterocycles. The number of aryl methyl sites for hydroxylation is 1. The fraction of sp³-hybridized carbons (Fsp3) is 0.587. The van der Waals surface area contributed by atoms with Crippen LogP contribution < -0.4 is 10.7 Å². The second-order valence-electron chi connectivity index (χ2n) is 18.3. The van der Waals surface area contributed by atoms with E-state index >= 15 is 0 Å². The minimum absolute atomic E-state index is 0. The minimum Gasteiger partial charge on any atom is -0.464 e. The molecular weight excluding hydrogens is 999 g/mol. The van der Waals surface area contributed by atoms with Crippen LogP contribution in [0, 0.1) is 5.41 Å². The Morgan fingerprint density at radius 3 is 2.41 bits per heavy atom. The van der Waals surface area contributed by atoms with Gasteiger partial charge in [-0.25, -0.2) is 15.2 Å². The van der Waals surface area contributed by atoms with Crippen molar-refractivity contribution in [3.8, 4) is 22.5 Å². The maximum Gasteiger partial charge on any atom is 0.324 e. The number of hydrazine groups is 1. The van der Waals surface area contributed by atoms with E-state index in [1.165, 1.54) is 16.3 Å². The van der Waals surface area contributed by atoms with E-state index in [4.69, 9.17) is 24.2 Å². The number of hydrogen-bond acceptors (Lipinski definition) is 12. The van der Waals surface area contributed by atoms with E-state index in [9.17, 15) is 14.4 Å². The van der Waals surface area contributed by atoms with Gasteiger partial charge in [0.25, 0.3) is 5.91 Å². The zero-order valence-electron chi connectivity index (χ0n) is 41.1. The quantitative estimate of drug-likeness (QED) is 0.176. The van der Waals surface area contributed by atoms with Gasteiger partial charge < -0.3 is 38.8 Å². The van der Waals surface area contributed by atoms with Crippen LogP contribution in [0.3, 0.4) is 0 Å². The highest BCUT2D eigenvalue weighted by atomic mass is 32.1. The van der Waals surface area contributed by atoms with Crippen molar-refractivity contribution in [2.45, 2.75) is 104 Å². The van der Waals surface area contributed by atoms with E-state index in [2.05, 4.69) is 65.2 Å². The van der Waals surface area contributed by atoms with Crippen molar-refractivity contribution in [1.29, 1.82) is 0 Å². The van der Waals surface area contributed by atoms with E-state index in [0.717, 1.165) is 44.7 Å². The summed E-state index contributed by atoms with van der Waals surface area (Å²) in [6, 6.07) is 8.05. The first-order valence-corrected chi connectivity index (χ1v) is 22.9. The van der Waals surface area contributed by atoms with E-state index in [1.54, 1.807) is 13.3 Å². The molecule has 68 heavy (non-hydrogen) atoms. The zero-order chi connectivity index (χ0) is 44.5. The number of methoxy groups -OCH3 is 1. The second-order valence-corrected chi connectivity index (χ2v) is 19.2. The van der Waals surface area contributed by atoms with Crippen LogP contribution in [0.2, 0.25) is 0 Å². The average molecular weight is 1080 g/mol. The number of nitrogens with zero attached hydrogens (tertiary/aromatic N) is 7. The number of benzene rings is 1. The molecule has 0 aliphatic carbocycles. The number of pyridine rings is 1.